The molecule has 0 aliphatic carbocycles. The Kier molecular flexibility index (Phi) is 9.44. The van der Waals surface area contributed by atoms with E-state index < -0.39 is 17.9 Å². The molecule has 0 bridgehead atoms. The summed E-state index contributed by atoms with van der Waals surface area (Å²) in [5.74, 6) is -2.54. The van der Waals surface area contributed by atoms with E-state index in [4.69, 9.17) is 15.2 Å². The first-order valence-electron chi connectivity index (χ1n) is 15.8. The van der Waals surface area contributed by atoms with Gasteiger partial charge >= 0.3 is 11.9 Å². The molecular weight excluding hydrogens is 618 g/mol. The number of esters is 2. The Balaban J connectivity index is 1.26. The number of nitriles is 1. The Labute approximate surface area is 284 Å². The summed E-state index contributed by atoms with van der Waals surface area (Å²) in [4.78, 5) is 45.8. The molecule has 2 heterocycles. The van der Waals surface area contributed by atoms with Crippen LogP contribution in [0.3, 0.4) is 0 Å². The third-order valence-electron chi connectivity index (χ3n) is 8.89. The Bertz CT molecular complexity index is 1980. The third-order valence-corrected chi connectivity index (χ3v) is 8.89. The second-order valence-corrected chi connectivity index (χ2v) is 11.5. The van der Waals surface area contributed by atoms with E-state index >= 15 is 0 Å². The summed E-state index contributed by atoms with van der Waals surface area (Å²) >= 11 is 0. The zero-order valence-electron chi connectivity index (χ0n) is 27.2. The molecule has 10 nitrogen and oxygen atoms in total. The standard InChI is InChI=1S/C39H35N5O5/c1-48-38(46)34-33(27-13-7-4-8-14-27)32(25-40)36(41)44(35(34)39(47)49-2)29-19-17-28(18-20-29)42-21-23-43(24-22-42)37(45)31-16-10-9-15-30(31)26-11-5-3-6-12-26/h3-20,33H,21-24,41H2,1-2H3. The van der Waals surface area contributed by atoms with Crippen LogP contribution in [0.1, 0.15) is 21.8 Å². The fourth-order valence-electron chi connectivity index (χ4n) is 6.47. The number of methoxy groups -OCH3 is 2. The van der Waals surface area contributed by atoms with Crippen LogP contribution in [0.5, 0.6) is 0 Å². The topological polar surface area (TPSA) is 129 Å². The fraction of sp³-hybridized carbons (Fsp3) is 0.179. The van der Waals surface area contributed by atoms with Crippen molar-refractivity contribution in [2.75, 3.05) is 50.2 Å². The molecule has 4 aromatic rings. The molecule has 1 atom stereocenters. The number of hydrogen-bond donors (Lipinski definition) is 1. The molecule has 246 valence electrons. The van der Waals surface area contributed by atoms with Gasteiger partial charge in [0.05, 0.1) is 37.4 Å². The number of carbonyl (C=O) groups is 3. The molecule has 1 fully saturated rings. The van der Waals surface area contributed by atoms with Crippen LogP contribution in [0.2, 0.25) is 0 Å². The van der Waals surface area contributed by atoms with Gasteiger partial charge in [-0.2, -0.15) is 5.26 Å². The molecule has 10 heteroatoms. The van der Waals surface area contributed by atoms with Gasteiger partial charge in [-0.05, 0) is 47.0 Å². The number of benzene rings is 4. The summed E-state index contributed by atoms with van der Waals surface area (Å²) in [5, 5.41) is 10.3. The van der Waals surface area contributed by atoms with Crippen LogP contribution in [-0.2, 0) is 19.1 Å². The Morgan fingerprint density at radius 1 is 0.735 bits per heavy atom. The van der Waals surface area contributed by atoms with Gasteiger partial charge in [0.2, 0.25) is 0 Å². The number of piperazine rings is 1. The predicted octanol–water partition coefficient (Wildman–Crippen LogP) is 5.21. The number of allylic oxidation sites excluding steroid dienone is 1. The van der Waals surface area contributed by atoms with Crippen molar-refractivity contribution < 1.29 is 23.9 Å². The van der Waals surface area contributed by atoms with Crippen LogP contribution in [0.4, 0.5) is 11.4 Å². The number of amides is 1. The highest BCUT2D eigenvalue weighted by molar-refractivity contribution is 6.06. The predicted molar refractivity (Wildman–Crippen MR) is 186 cm³/mol. The summed E-state index contributed by atoms with van der Waals surface area (Å²) in [7, 11) is 2.43. The Morgan fingerprint density at radius 2 is 1.31 bits per heavy atom. The largest absolute Gasteiger partial charge is 0.466 e. The van der Waals surface area contributed by atoms with Gasteiger partial charge < -0.3 is 25.0 Å². The van der Waals surface area contributed by atoms with Gasteiger partial charge in [0.15, 0.2) is 0 Å². The van der Waals surface area contributed by atoms with E-state index in [1.807, 2.05) is 77.7 Å². The maximum Gasteiger partial charge on any atom is 0.355 e. The molecule has 0 spiro atoms. The van der Waals surface area contributed by atoms with Crippen LogP contribution in [0.15, 0.2) is 132 Å². The van der Waals surface area contributed by atoms with Gasteiger partial charge in [-0.3, -0.25) is 9.69 Å². The van der Waals surface area contributed by atoms with Gasteiger partial charge in [-0.1, -0.05) is 78.9 Å². The summed E-state index contributed by atoms with van der Waals surface area (Å²) in [6, 6.07) is 35.9. The van der Waals surface area contributed by atoms with E-state index in [0.29, 0.717) is 43.0 Å². The van der Waals surface area contributed by atoms with E-state index in [1.54, 1.807) is 36.4 Å². The Morgan fingerprint density at radius 3 is 1.92 bits per heavy atom. The monoisotopic (exact) mass is 653 g/mol. The van der Waals surface area contributed by atoms with E-state index in [2.05, 4.69) is 11.0 Å². The maximum atomic E-state index is 13.6. The zero-order valence-corrected chi connectivity index (χ0v) is 27.2. The van der Waals surface area contributed by atoms with Gasteiger partial charge in [0.1, 0.15) is 11.5 Å². The van der Waals surface area contributed by atoms with Crippen LogP contribution < -0.4 is 15.5 Å². The lowest BCUT2D eigenvalue weighted by atomic mass is 9.81. The fourth-order valence-corrected chi connectivity index (χ4v) is 6.47. The minimum absolute atomic E-state index is 0.0000619. The lowest BCUT2D eigenvalue weighted by Crippen LogP contribution is -2.48. The average Bonchev–Trinajstić information content (AvgIpc) is 3.17. The SMILES string of the molecule is COC(=O)C1=C(C(=O)OC)N(c2ccc(N3CCN(C(=O)c4ccccc4-c4ccccc4)CC3)cc2)C(N)=C(C#N)C1c1ccccc1. The molecule has 1 unspecified atom stereocenters. The van der Waals surface area contributed by atoms with Crippen molar-refractivity contribution in [1.82, 2.24) is 4.90 Å². The molecule has 2 N–H and O–H groups in total. The number of ether oxygens (including phenoxy) is 2. The quantitative estimate of drug-likeness (QED) is 0.267. The van der Waals surface area contributed by atoms with Crippen LogP contribution in [-0.4, -0.2) is 63.1 Å². The second-order valence-electron chi connectivity index (χ2n) is 11.5. The van der Waals surface area contributed by atoms with E-state index in [0.717, 1.165) is 16.8 Å². The smallest absolute Gasteiger partial charge is 0.355 e. The number of hydrogen-bond acceptors (Lipinski definition) is 9. The summed E-state index contributed by atoms with van der Waals surface area (Å²) in [6.07, 6.45) is 0. The first-order valence-corrected chi connectivity index (χ1v) is 15.8. The van der Waals surface area contributed by atoms with E-state index in [9.17, 15) is 19.6 Å². The lowest BCUT2D eigenvalue weighted by molar-refractivity contribution is -0.139. The number of nitrogens with two attached hydrogens (primary N) is 1. The van der Waals surface area contributed by atoms with Crippen molar-refractivity contribution in [3.63, 3.8) is 0 Å². The molecule has 4 aromatic carbocycles. The van der Waals surface area contributed by atoms with Gasteiger partial charge in [-0.15, -0.1) is 0 Å². The number of nitrogens with zero attached hydrogens (tertiary/aromatic N) is 4. The third kappa shape index (κ3) is 6.22. The highest BCUT2D eigenvalue weighted by Crippen LogP contribution is 2.43. The van der Waals surface area contributed by atoms with Crippen LogP contribution in [0, 0.1) is 11.3 Å². The molecule has 6 rings (SSSR count). The first-order chi connectivity index (χ1) is 23.9. The molecule has 49 heavy (non-hydrogen) atoms. The molecule has 2 aliphatic rings. The van der Waals surface area contributed by atoms with Crippen LogP contribution in [0.25, 0.3) is 11.1 Å². The van der Waals surface area contributed by atoms with Crippen molar-refractivity contribution in [1.29, 1.82) is 5.26 Å². The number of carbonyl (C=O) groups excluding carboxylic acids is 3. The summed E-state index contributed by atoms with van der Waals surface area (Å²) < 4.78 is 10.3. The van der Waals surface area contributed by atoms with E-state index in [-0.39, 0.29) is 28.6 Å². The van der Waals surface area contributed by atoms with Crippen molar-refractivity contribution in [3.8, 4) is 17.2 Å². The van der Waals surface area contributed by atoms with Gasteiger partial charge in [0, 0.05) is 43.1 Å². The molecule has 2 aliphatic heterocycles. The van der Waals surface area contributed by atoms with Crippen molar-refractivity contribution in [2.45, 2.75) is 5.92 Å². The first kappa shape index (κ1) is 32.6. The average molecular weight is 654 g/mol. The number of rotatable bonds is 7. The normalized spacial score (nSPS) is 16.3. The summed E-state index contributed by atoms with van der Waals surface area (Å²) in [6.45, 7) is 2.30. The highest BCUT2D eigenvalue weighted by Gasteiger charge is 2.43. The minimum atomic E-state index is -0.943. The molecule has 0 radical (unpaired) electrons. The molecule has 0 saturated carbocycles. The van der Waals surface area contributed by atoms with Crippen LogP contribution >= 0.6 is 0 Å². The summed E-state index contributed by atoms with van der Waals surface area (Å²) in [5.41, 5.74) is 11.1. The highest BCUT2D eigenvalue weighted by atomic mass is 16.5. The second kappa shape index (κ2) is 14.2. The molecule has 1 amide bonds. The maximum absolute atomic E-state index is 13.6. The Hall–Kier alpha value is -6.34. The molecule has 0 aromatic heterocycles. The van der Waals surface area contributed by atoms with Gasteiger partial charge in [-0.25, -0.2) is 9.59 Å². The van der Waals surface area contributed by atoms with Crippen molar-refractivity contribution in [3.05, 3.63) is 143 Å². The van der Waals surface area contributed by atoms with Gasteiger partial charge in [0.25, 0.3) is 5.91 Å². The molecule has 1 saturated heterocycles. The lowest BCUT2D eigenvalue weighted by Gasteiger charge is -2.37. The van der Waals surface area contributed by atoms with Crippen molar-refractivity contribution in [2.24, 2.45) is 5.73 Å². The van der Waals surface area contributed by atoms with Crippen molar-refractivity contribution >= 4 is 29.2 Å². The zero-order chi connectivity index (χ0) is 34.5. The number of anilines is 2. The minimum Gasteiger partial charge on any atom is -0.466 e. The van der Waals surface area contributed by atoms with E-state index in [1.165, 1.54) is 19.1 Å². The molecular formula is C39H35N5O5.